The van der Waals surface area contributed by atoms with E-state index in [-0.39, 0.29) is 207 Å². The molecule has 0 aliphatic rings. The number of rotatable bonds is 18. The van der Waals surface area contributed by atoms with E-state index < -0.39 is 5.97 Å². The molecule has 0 spiro atoms. The summed E-state index contributed by atoms with van der Waals surface area (Å²) in [5, 5.41) is 16.1. The van der Waals surface area contributed by atoms with Gasteiger partial charge in [0, 0.05) is 74.6 Å². The number of esters is 2. The molecule has 3 rings (SSSR count). The number of carbonyl (C=O) groups is 10. The molecule has 1 amide bonds. The standard InChI is InChI=1S/C11H14O.C10H12O2.C10H12O.C6H13NO.C6H12O2.C5H9ClO.2C5H10O2.C5H10O.C4H8O2.11CH4/c1-9(2)11(12)8-10-6-4-3-5-7-10;1-8(2)10(11)12-9-6-4-3-5-7-9;1-8(2)10(11)9-6-4-3-5-7-9;1-5(2)6(8)7(3)4;1-5(2)6(7)4-8-3;1-4(2)5(7)3-6;1-4(2)5(6)7-3;1-4(2)5(7)3-6;1-4(2)5(3)6;1-3(2)4(5)6;;;;;;;;;;;/h3-7,9H,8H2,1-2H3;3-8H,1-2H3;3-8H,1-2H3;5H,1-4H3;5H,4H2,1-3H3;4H,3H2,1-2H3;4H,1-3H3;4,6H,3H2,1-2H3;4H,1-3H3;3H,1-2H3,(H,5,6);11*1H4. The van der Waals surface area contributed by atoms with E-state index in [4.69, 9.17) is 26.6 Å². The average molecular weight is 1380 g/mol. The van der Waals surface area contributed by atoms with Gasteiger partial charge in [0.15, 0.2) is 17.3 Å². The highest BCUT2D eigenvalue weighted by atomic mass is 35.5. The molecule has 0 saturated carbocycles. The Hall–Kier alpha value is -6.23. The fraction of sp³-hybridized carbons (Fsp3) is 0.641. The molecule has 17 heteroatoms. The van der Waals surface area contributed by atoms with Gasteiger partial charge in [-0.15, -0.1) is 11.6 Å². The Labute approximate surface area is 592 Å². The van der Waals surface area contributed by atoms with Gasteiger partial charge in [0.1, 0.15) is 36.3 Å². The summed E-state index contributed by atoms with van der Waals surface area (Å²) in [7, 11) is 6.45. The molecular weight excluding hydrogens is 1230 g/mol. The Morgan fingerprint density at radius 2 is 0.737 bits per heavy atom. The minimum Gasteiger partial charge on any atom is -0.481 e. The van der Waals surface area contributed by atoms with Gasteiger partial charge >= 0.3 is 17.9 Å². The van der Waals surface area contributed by atoms with Crippen molar-refractivity contribution in [1.29, 1.82) is 0 Å². The fourth-order valence-electron chi connectivity index (χ4n) is 4.06. The molecule has 2 N–H and O–H groups in total. The van der Waals surface area contributed by atoms with Crippen LogP contribution in [-0.4, -0.2) is 121 Å². The number of Topliss-reactive ketones (excluding diaryl/α,β-unsaturated/α-hetero) is 6. The number of nitrogens with zero attached hydrogens (tertiary/aromatic N) is 1. The number of amides is 1. The maximum absolute atomic E-state index is 11.3. The summed E-state index contributed by atoms with van der Waals surface area (Å²) in [6.45, 7) is 38.2. The highest BCUT2D eigenvalue weighted by Crippen LogP contribution is 2.11. The van der Waals surface area contributed by atoms with E-state index in [1.807, 2.05) is 176 Å². The van der Waals surface area contributed by atoms with E-state index in [0.717, 1.165) is 11.1 Å². The van der Waals surface area contributed by atoms with Crippen molar-refractivity contribution in [2.45, 2.75) is 234 Å². The molecule has 95 heavy (non-hydrogen) atoms. The minimum atomic E-state index is -0.741. The molecular formula is C78H154ClNO15. The van der Waals surface area contributed by atoms with Gasteiger partial charge in [-0.1, -0.05) is 299 Å². The van der Waals surface area contributed by atoms with Gasteiger partial charge in [0.2, 0.25) is 5.91 Å². The summed E-state index contributed by atoms with van der Waals surface area (Å²) < 4.78 is 14.0. The summed E-state index contributed by atoms with van der Waals surface area (Å²) in [5.74, 6) is 1.26. The van der Waals surface area contributed by atoms with Gasteiger partial charge in [-0.25, -0.2) is 0 Å². The van der Waals surface area contributed by atoms with Crippen molar-refractivity contribution in [2.24, 2.45) is 59.2 Å². The van der Waals surface area contributed by atoms with Crippen LogP contribution < -0.4 is 4.74 Å². The number of ketones is 6. The van der Waals surface area contributed by atoms with Crippen molar-refractivity contribution in [3.05, 3.63) is 102 Å². The lowest BCUT2D eigenvalue weighted by atomic mass is 10.0. The third-order valence-electron chi connectivity index (χ3n) is 10.3. The van der Waals surface area contributed by atoms with Crippen molar-refractivity contribution in [1.82, 2.24) is 4.90 Å². The molecule has 0 bridgehead atoms. The zero-order valence-electron chi connectivity index (χ0n) is 55.8. The molecule has 0 aliphatic carbocycles. The van der Waals surface area contributed by atoms with Gasteiger partial charge in [0.25, 0.3) is 0 Å². The van der Waals surface area contributed by atoms with E-state index in [2.05, 4.69) is 9.47 Å². The number of carboxylic acid groups (broad SMARTS) is 1. The highest BCUT2D eigenvalue weighted by molar-refractivity contribution is 6.27. The predicted octanol–water partition coefficient (Wildman–Crippen LogP) is 20.2. The van der Waals surface area contributed by atoms with Crippen LogP contribution in [0.25, 0.3) is 0 Å². The zero-order chi connectivity index (χ0) is 67.4. The first kappa shape index (κ1) is 137. The number of carboxylic acids is 1. The average Bonchev–Trinajstić information content (AvgIpc) is 3.43. The number of hydrogen-bond donors (Lipinski definition) is 2. The smallest absolute Gasteiger partial charge is 0.313 e. The number of hydrogen-bond acceptors (Lipinski definition) is 14. The first-order chi connectivity index (χ1) is 38.7. The van der Waals surface area contributed by atoms with Gasteiger partial charge in [-0.2, -0.15) is 0 Å². The second-order valence-corrected chi connectivity index (χ2v) is 22.2. The molecule has 0 radical (unpaired) electrons. The third-order valence-corrected chi connectivity index (χ3v) is 10.6. The number of methoxy groups -OCH3 is 2. The quantitative estimate of drug-likeness (QED) is 0.0521. The van der Waals surface area contributed by atoms with E-state index >= 15 is 0 Å². The molecule has 0 fully saturated rings. The number of aliphatic hydroxyl groups excluding tert-OH is 1. The van der Waals surface area contributed by atoms with Crippen LogP contribution in [0.4, 0.5) is 0 Å². The number of alkyl halides is 1. The van der Waals surface area contributed by atoms with Crippen molar-refractivity contribution >= 4 is 70.1 Å². The maximum atomic E-state index is 11.3. The number of ether oxygens (including phenoxy) is 3. The summed E-state index contributed by atoms with van der Waals surface area (Å²) in [6.07, 6.45) is 0.568. The largest absolute Gasteiger partial charge is 0.481 e. The maximum Gasteiger partial charge on any atom is 0.313 e. The Morgan fingerprint density at radius 1 is 0.421 bits per heavy atom. The van der Waals surface area contributed by atoms with Crippen LogP contribution in [0.15, 0.2) is 91.0 Å². The lowest BCUT2D eigenvalue weighted by Crippen LogP contribution is -2.26. The zero-order valence-corrected chi connectivity index (χ0v) is 56.5. The van der Waals surface area contributed by atoms with Gasteiger partial charge in [-0.3, -0.25) is 47.9 Å². The molecule has 0 aromatic heterocycles. The third kappa shape index (κ3) is 94.2. The van der Waals surface area contributed by atoms with E-state index in [0.29, 0.717) is 18.0 Å². The highest BCUT2D eigenvalue weighted by Gasteiger charge is 2.11. The first-order valence-electron chi connectivity index (χ1n) is 28.4. The number of aliphatic carboxylic acids is 1. The second kappa shape index (κ2) is 85.8. The van der Waals surface area contributed by atoms with Gasteiger partial charge < -0.3 is 29.3 Å². The second-order valence-electron chi connectivity index (χ2n) is 22.0. The Kier molecular flexibility index (Phi) is 123. The minimum absolute atomic E-state index is 0. The Morgan fingerprint density at radius 3 is 0.905 bits per heavy atom. The predicted molar refractivity (Wildman–Crippen MR) is 414 cm³/mol. The van der Waals surface area contributed by atoms with E-state index in [9.17, 15) is 47.9 Å². The monoisotopic (exact) mass is 1380 g/mol. The van der Waals surface area contributed by atoms with Crippen LogP contribution in [0, 0.1) is 59.2 Å². The van der Waals surface area contributed by atoms with Crippen LogP contribution in [0.2, 0.25) is 0 Å². The lowest BCUT2D eigenvalue weighted by molar-refractivity contribution is -0.144. The normalized spacial score (nSPS) is 8.64. The molecule has 0 heterocycles. The van der Waals surface area contributed by atoms with Crippen molar-refractivity contribution < 1.29 is 72.4 Å². The first-order valence-corrected chi connectivity index (χ1v) is 28.9. The molecule has 0 atom stereocenters. The number of carbonyl (C=O) groups excluding carboxylic acids is 9. The van der Waals surface area contributed by atoms with Crippen LogP contribution in [-0.2, 0) is 59.0 Å². The molecule has 0 saturated heterocycles. The van der Waals surface area contributed by atoms with Crippen molar-refractivity contribution in [3.8, 4) is 5.75 Å². The van der Waals surface area contributed by atoms with Crippen LogP contribution in [0.1, 0.15) is 243 Å². The number of aliphatic hydroxyl groups is 1. The lowest BCUT2D eigenvalue weighted by Gasteiger charge is -2.11. The Balaban J connectivity index is -0.0000000432. The van der Waals surface area contributed by atoms with Crippen LogP contribution >= 0.6 is 11.6 Å². The number of para-hydroxylation sites is 1. The molecule has 3 aromatic rings. The number of benzene rings is 3. The Bertz CT molecular complexity index is 2070. The molecule has 0 unspecified atom stereocenters. The fourth-order valence-corrected chi connectivity index (χ4v) is 4.37. The van der Waals surface area contributed by atoms with Crippen molar-refractivity contribution in [3.63, 3.8) is 0 Å². The van der Waals surface area contributed by atoms with Gasteiger partial charge in [0.05, 0.1) is 30.7 Å². The SMILES string of the molecule is C.C.C.C.C.C.C.C.C.C.C.CC(=O)C(C)C.CC(C)C(=O)CCl.CC(C)C(=O)CO.CC(C)C(=O)Cc1ccccc1.CC(C)C(=O)N(C)C.CC(C)C(=O)O.CC(C)C(=O)Oc1ccccc1.CC(C)C(=O)c1ccccc1.COC(=O)C(C)C.COCC(=O)C(C)C. The molecule has 3 aromatic carbocycles. The van der Waals surface area contributed by atoms with Gasteiger partial charge in [-0.05, 0) is 24.6 Å². The van der Waals surface area contributed by atoms with E-state index in [1.54, 1.807) is 79.6 Å². The van der Waals surface area contributed by atoms with Crippen molar-refractivity contribution in [2.75, 3.05) is 47.4 Å². The van der Waals surface area contributed by atoms with Crippen LogP contribution in [0.5, 0.6) is 5.75 Å². The topological polar surface area (TPSA) is 242 Å². The van der Waals surface area contributed by atoms with Crippen LogP contribution in [0.3, 0.4) is 0 Å². The molecule has 16 nitrogen and oxygen atoms in total. The summed E-state index contributed by atoms with van der Waals surface area (Å²) in [6, 6.07) is 28.3. The molecule has 568 valence electrons. The van der Waals surface area contributed by atoms with E-state index in [1.165, 1.54) is 14.2 Å². The summed E-state index contributed by atoms with van der Waals surface area (Å²) in [5.41, 5.74) is 1.92. The summed E-state index contributed by atoms with van der Waals surface area (Å²) >= 11 is 5.20. The summed E-state index contributed by atoms with van der Waals surface area (Å²) in [4.78, 5) is 108. The number of halogens is 1. The molecule has 0 aliphatic heterocycles.